The van der Waals surface area contributed by atoms with E-state index in [1.165, 1.54) is 15.5 Å². The van der Waals surface area contributed by atoms with E-state index in [-0.39, 0.29) is 33.7 Å². The molecule has 1 aliphatic rings. The second-order valence-electron chi connectivity index (χ2n) is 12.7. The van der Waals surface area contributed by atoms with Crippen LogP contribution in [-0.2, 0) is 33.8 Å². The molecule has 0 radical (unpaired) electrons. The number of nitrogen functional groups attached to an aromatic ring is 1. The molecule has 298 valence electrons. The van der Waals surface area contributed by atoms with E-state index < -0.39 is 89.5 Å². The number of nitrogens with two attached hydrogens (primary N) is 1. The van der Waals surface area contributed by atoms with Crippen molar-refractivity contribution in [3.8, 4) is 0 Å². The van der Waals surface area contributed by atoms with Crippen LogP contribution in [0, 0.1) is 6.92 Å². The lowest BCUT2D eigenvalue weighted by atomic mass is 10.1. The van der Waals surface area contributed by atoms with Crippen molar-refractivity contribution in [2.45, 2.75) is 56.3 Å². The number of aliphatic hydroxyl groups is 5. The summed E-state index contributed by atoms with van der Waals surface area (Å²) in [6.45, 7) is -0.960. The topological polar surface area (TPSA) is 368 Å². The number of anilines is 2. The molecule has 0 bridgehead atoms. The number of aromatic nitrogens is 8. The molecule has 0 amide bonds. The number of H-pyrrole nitrogens is 2. The van der Waals surface area contributed by atoms with E-state index in [0.29, 0.717) is 11.2 Å². The zero-order valence-electron chi connectivity index (χ0n) is 29.0. The van der Waals surface area contributed by atoms with Gasteiger partial charge >= 0.3 is 27.0 Å². The zero-order valence-corrected chi connectivity index (χ0v) is 30.8. The van der Waals surface area contributed by atoms with Crippen molar-refractivity contribution in [2.75, 3.05) is 37.9 Å². The molecule has 9 atom stereocenters. The molecule has 11 N–H and O–H groups in total. The van der Waals surface area contributed by atoms with E-state index in [1.807, 2.05) is 0 Å². The van der Waals surface area contributed by atoms with Gasteiger partial charge in [0.15, 0.2) is 23.2 Å². The van der Waals surface area contributed by atoms with Gasteiger partial charge in [-0.05, 0) is 18.6 Å². The van der Waals surface area contributed by atoms with Gasteiger partial charge < -0.3 is 50.7 Å². The Morgan fingerprint density at radius 1 is 1.02 bits per heavy atom. The Kier molecular flexibility index (Phi) is 11.2. The standard InChI is InChI=1S/C28H36N10O15P2/c1-11-4-12-14(5-13(11)36(2)3)37(25-19(33-12)26(44)35-28(45)34-25)6-15(39)20(41)16(40)7-50-54(46,47)53-55(48,49)51-8-17-21(42)22(43)27(52-17)38-10-32-18-23(29)30-9-31-24(18)38/h4-5,9-10,15-17,20-22,27,39-43H,6-8H2,1-3H3,(H5,29,30,31,35,44,45,46,47,48,49)/p+1/t15-,16+,17+,20-,21+,22+,27+/m0/s1. The van der Waals surface area contributed by atoms with Gasteiger partial charge in [-0.3, -0.25) is 23.4 Å². The van der Waals surface area contributed by atoms with Crippen LogP contribution in [0.25, 0.3) is 33.4 Å². The summed E-state index contributed by atoms with van der Waals surface area (Å²) in [5, 5.41) is 53.4. The van der Waals surface area contributed by atoms with Gasteiger partial charge in [-0.2, -0.15) is 9.29 Å². The highest BCUT2D eigenvalue weighted by Gasteiger charge is 2.46. The van der Waals surface area contributed by atoms with Gasteiger partial charge in [0, 0.05) is 25.8 Å². The molecule has 1 aliphatic heterocycles. The van der Waals surface area contributed by atoms with Gasteiger partial charge in [-0.25, -0.2) is 38.4 Å². The smallest absolute Gasteiger partial charge is 0.388 e. The first-order chi connectivity index (χ1) is 25.8. The molecular weight excluding hydrogens is 778 g/mol. The van der Waals surface area contributed by atoms with Crippen LogP contribution in [0.2, 0.25) is 0 Å². The van der Waals surface area contributed by atoms with Crippen molar-refractivity contribution in [1.29, 1.82) is 0 Å². The number of phosphoric acid groups is 2. The summed E-state index contributed by atoms with van der Waals surface area (Å²) in [5.41, 5.74) is 6.09. The Morgan fingerprint density at radius 3 is 2.44 bits per heavy atom. The van der Waals surface area contributed by atoms with E-state index in [2.05, 4.69) is 38.7 Å². The number of fused-ring (bicyclic) bond motifs is 3. The van der Waals surface area contributed by atoms with Gasteiger partial charge in [-0.1, -0.05) is 0 Å². The molecule has 0 saturated carbocycles. The summed E-state index contributed by atoms with van der Waals surface area (Å²) in [7, 11) is -7.50. The van der Waals surface area contributed by atoms with Crippen LogP contribution >= 0.6 is 15.6 Å². The Morgan fingerprint density at radius 2 is 1.73 bits per heavy atom. The van der Waals surface area contributed by atoms with Crippen molar-refractivity contribution in [2.24, 2.45) is 0 Å². The number of ether oxygens (including phenoxy) is 1. The molecule has 0 spiro atoms. The van der Waals surface area contributed by atoms with Crippen molar-refractivity contribution in [3.63, 3.8) is 0 Å². The minimum atomic E-state index is -5.55. The average molecular weight is 816 g/mol. The summed E-state index contributed by atoms with van der Waals surface area (Å²) >= 11 is 0. The predicted octanol–water partition coefficient (Wildman–Crippen LogP) is -3.20. The van der Waals surface area contributed by atoms with E-state index in [0.717, 1.165) is 11.9 Å². The number of nitrogens with zero attached hydrogens (tertiary/aromatic N) is 7. The number of aryl methyl sites for hydroxylation is 1. The largest absolute Gasteiger partial charge is 0.481 e. The minimum absolute atomic E-state index is 0.0293. The summed E-state index contributed by atoms with van der Waals surface area (Å²) in [6, 6.07) is 3.33. The van der Waals surface area contributed by atoms with Crippen LogP contribution < -0.4 is 26.4 Å². The van der Waals surface area contributed by atoms with E-state index in [4.69, 9.17) is 15.0 Å². The third-order valence-electron chi connectivity index (χ3n) is 8.64. The molecule has 2 unspecified atom stereocenters. The molecule has 55 heavy (non-hydrogen) atoms. The maximum absolute atomic E-state index is 12.6. The molecule has 5 heterocycles. The molecule has 1 fully saturated rings. The molecule has 0 aliphatic carbocycles. The molecule has 1 saturated heterocycles. The van der Waals surface area contributed by atoms with Crippen LogP contribution in [0.1, 0.15) is 11.8 Å². The van der Waals surface area contributed by atoms with Gasteiger partial charge in [-0.15, -0.1) is 0 Å². The number of rotatable bonds is 14. The lowest BCUT2D eigenvalue weighted by Crippen LogP contribution is -2.51. The third-order valence-corrected chi connectivity index (χ3v) is 11.2. The van der Waals surface area contributed by atoms with Crippen LogP contribution in [0.5, 0.6) is 0 Å². The number of benzene rings is 1. The first-order valence-corrected chi connectivity index (χ1v) is 19.1. The van der Waals surface area contributed by atoms with Gasteiger partial charge in [0.25, 0.3) is 5.56 Å². The maximum Gasteiger partial charge on any atom is 0.481 e. The molecular formula is C28H37N10O15P2+. The van der Waals surface area contributed by atoms with Crippen molar-refractivity contribution < 1.29 is 67.1 Å². The normalized spacial score (nSPS) is 22.8. The Balaban J connectivity index is 1.09. The Bertz CT molecular complexity index is 2460. The van der Waals surface area contributed by atoms with Gasteiger partial charge in [0.2, 0.25) is 5.52 Å². The fourth-order valence-corrected chi connectivity index (χ4v) is 8.07. The fraction of sp³-hybridized carbons (Fsp3) is 0.464. The molecule has 4 aromatic heterocycles. The quantitative estimate of drug-likeness (QED) is 0.0300. The molecule has 5 aromatic rings. The monoisotopic (exact) mass is 815 g/mol. The number of hydrogen-bond acceptors (Lipinski definition) is 19. The average Bonchev–Trinajstić information content (AvgIpc) is 3.66. The highest BCUT2D eigenvalue weighted by molar-refractivity contribution is 7.61. The van der Waals surface area contributed by atoms with Crippen molar-refractivity contribution in [1.82, 2.24) is 34.5 Å². The summed E-state index contributed by atoms with van der Waals surface area (Å²) in [6.07, 6.45) is -9.94. The highest BCUT2D eigenvalue weighted by atomic mass is 31.3. The van der Waals surface area contributed by atoms with E-state index >= 15 is 0 Å². The van der Waals surface area contributed by atoms with Crippen molar-refractivity contribution in [3.05, 3.63) is 51.2 Å². The fourth-order valence-electron chi connectivity index (χ4n) is 5.97. The van der Waals surface area contributed by atoms with Crippen molar-refractivity contribution >= 4 is 60.5 Å². The Labute approximate surface area is 307 Å². The van der Waals surface area contributed by atoms with E-state index in [1.54, 1.807) is 38.1 Å². The van der Waals surface area contributed by atoms with Crippen LogP contribution in [0.15, 0.2) is 34.4 Å². The predicted molar refractivity (Wildman–Crippen MR) is 186 cm³/mol. The molecule has 25 nitrogen and oxygen atoms in total. The second kappa shape index (κ2) is 15.3. The lowest BCUT2D eigenvalue weighted by molar-refractivity contribution is -0.657. The zero-order chi connectivity index (χ0) is 40.1. The van der Waals surface area contributed by atoms with Crippen LogP contribution in [0.3, 0.4) is 0 Å². The number of nitrogens with one attached hydrogen (secondary N) is 2. The maximum atomic E-state index is 12.6. The summed E-state index contributed by atoms with van der Waals surface area (Å²) < 4.78 is 46.8. The summed E-state index contributed by atoms with van der Waals surface area (Å²) in [4.78, 5) is 67.6. The first kappa shape index (κ1) is 40.3. The number of hydrogen-bond donors (Lipinski definition) is 10. The van der Waals surface area contributed by atoms with Gasteiger partial charge in [0.05, 0.1) is 19.5 Å². The highest BCUT2D eigenvalue weighted by Crippen LogP contribution is 2.60. The SMILES string of the molecule is Cc1cc2nc3c(=O)[nH]c(=O)[nH]c3[n+](C[C@H](O)[C@H](O)[C@H](O)COP(=O)(O)OP(=O)(O)OC[C@H]3O[C@@H](n4cnc5c(N)ncnc54)[C@H](O)[C@@H]3O)c2cc1N(C)C. The van der Waals surface area contributed by atoms with E-state index in [9.17, 15) is 54.0 Å². The van der Waals surface area contributed by atoms with Crippen LogP contribution in [-0.4, -0.2) is 134 Å². The Hall–Kier alpha value is -4.33. The lowest BCUT2D eigenvalue weighted by Gasteiger charge is -2.24. The second-order valence-corrected chi connectivity index (χ2v) is 15.8. The van der Waals surface area contributed by atoms with Gasteiger partial charge in [0.1, 0.15) is 60.5 Å². The molecule has 1 aromatic carbocycles. The third kappa shape index (κ3) is 8.29. The summed E-state index contributed by atoms with van der Waals surface area (Å²) in [5.74, 6) is 0.0293. The van der Waals surface area contributed by atoms with Crippen LogP contribution in [0.4, 0.5) is 11.5 Å². The number of phosphoric ester groups is 2. The minimum Gasteiger partial charge on any atom is -0.388 e. The molecule has 27 heteroatoms. The number of aliphatic hydroxyl groups excluding tert-OH is 5. The first-order valence-electron chi connectivity index (χ1n) is 16.1. The number of aromatic amines is 2. The number of imidazole rings is 1. The molecule has 6 rings (SSSR count).